The summed E-state index contributed by atoms with van der Waals surface area (Å²) in [5, 5.41) is 0. The van der Waals surface area contributed by atoms with Crippen molar-refractivity contribution in [3.05, 3.63) is 87.9 Å². The van der Waals surface area contributed by atoms with Gasteiger partial charge >= 0.3 is 0 Å². The molecule has 0 aliphatic rings. The molecule has 0 spiro atoms. The Bertz CT molecular complexity index is 862. The molecule has 23 heavy (non-hydrogen) atoms. The van der Waals surface area contributed by atoms with Crippen molar-refractivity contribution in [2.75, 3.05) is 0 Å². The Kier molecular flexibility index (Phi) is 4.34. The minimum atomic E-state index is -1.18. The average Bonchev–Trinajstić information content (AvgIpc) is 3.01. The first kappa shape index (κ1) is 15.6. The summed E-state index contributed by atoms with van der Waals surface area (Å²) in [6.07, 6.45) is 3.09. The zero-order chi connectivity index (χ0) is 16.4. The summed E-state index contributed by atoms with van der Waals surface area (Å²) in [5.74, 6) is -2.86. The van der Waals surface area contributed by atoms with Crippen molar-refractivity contribution in [2.45, 2.75) is 6.54 Å². The predicted molar refractivity (Wildman–Crippen MR) is 85.3 cm³/mol. The summed E-state index contributed by atoms with van der Waals surface area (Å²) in [6, 6.07) is 12.0. The van der Waals surface area contributed by atoms with Gasteiger partial charge in [-0.15, -0.1) is 0 Å². The van der Waals surface area contributed by atoms with Crippen molar-refractivity contribution in [1.29, 1.82) is 0 Å². The van der Waals surface area contributed by atoms with Gasteiger partial charge in [-0.3, -0.25) is 4.79 Å². The van der Waals surface area contributed by atoms with Crippen molar-refractivity contribution in [3.63, 3.8) is 0 Å². The van der Waals surface area contributed by atoms with Crippen LogP contribution in [-0.4, -0.2) is 15.3 Å². The van der Waals surface area contributed by atoms with Crippen LogP contribution in [-0.2, 0) is 6.54 Å². The summed E-state index contributed by atoms with van der Waals surface area (Å²) < 4.78 is 29.2. The van der Waals surface area contributed by atoms with Crippen molar-refractivity contribution in [2.24, 2.45) is 0 Å². The fourth-order valence-electron chi connectivity index (χ4n) is 2.25. The Morgan fingerprint density at radius 3 is 2.57 bits per heavy atom. The number of benzene rings is 2. The van der Waals surface area contributed by atoms with Gasteiger partial charge < -0.3 is 4.57 Å². The normalized spacial score (nSPS) is 10.7. The lowest BCUT2D eigenvalue weighted by atomic mass is 10.1. The summed E-state index contributed by atoms with van der Waals surface area (Å²) in [6.45, 7) is 0.419. The molecule has 0 radical (unpaired) electrons. The van der Waals surface area contributed by atoms with Crippen LogP contribution < -0.4 is 0 Å². The first-order valence-corrected chi connectivity index (χ1v) is 7.60. The van der Waals surface area contributed by atoms with E-state index in [1.165, 1.54) is 18.3 Å². The maximum absolute atomic E-state index is 14.0. The van der Waals surface area contributed by atoms with E-state index in [9.17, 15) is 13.6 Å². The van der Waals surface area contributed by atoms with E-state index in [4.69, 9.17) is 0 Å². The molecule has 0 bridgehead atoms. The second-order valence-corrected chi connectivity index (χ2v) is 5.77. The highest BCUT2D eigenvalue weighted by Crippen LogP contribution is 2.23. The molecule has 0 aliphatic carbocycles. The van der Waals surface area contributed by atoms with Crippen LogP contribution in [0.2, 0.25) is 0 Å². The zero-order valence-electron chi connectivity index (χ0n) is 11.8. The van der Waals surface area contributed by atoms with Gasteiger partial charge in [-0.05, 0) is 33.6 Å². The molecule has 0 aliphatic heterocycles. The summed E-state index contributed by atoms with van der Waals surface area (Å²) in [4.78, 5) is 16.5. The number of hydrogen-bond acceptors (Lipinski definition) is 2. The lowest BCUT2D eigenvalue weighted by Crippen LogP contribution is -2.14. The molecule has 1 aromatic heterocycles. The Balaban J connectivity index is 1.96. The first-order chi connectivity index (χ1) is 11.1. The minimum Gasteiger partial charge on any atom is -0.324 e. The predicted octanol–water partition coefficient (Wildman–Crippen LogP) is 4.20. The van der Waals surface area contributed by atoms with Gasteiger partial charge in [0.2, 0.25) is 5.78 Å². The Morgan fingerprint density at radius 2 is 1.83 bits per heavy atom. The van der Waals surface area contributed by atoms with Gasteiger partial charge in [0.25, 0.3) is 0 Å². The molecule has 0 N–H and O–H groups in total. The van der Waals surface area contributed by atoms with Crippen LogP contribution in [0.25, 0.3) is 0 Å². The molecule has 1 heterocycles. The Morgan fingerprint density at radius 1 is 1.09 bits per heavy atom. The summed E-state index contributed by atoms with van der Waals surface area (Å²) in [5.41, 5.74) is 0.633. The Hall–Kier alpha value is -2.34. The van der Waals surface area contributed by atoms with E-state index in [1.54, 1.807) is 10.8 Å². The topological polar surface area (TPSA) is 34.9 Å². The Labute approximate surface area is 139 Å². The number of halogens is 3. The lowest BCUT2D eigenvalue weighted by molar-refractivity contribution is 0.102. The second-order valence-electron chi connectivity index (χ2n) is 4.92. The highest BCUT2D eigenvalue weighted by Gasteiger charge is 2.22. The molecular formula is C17H11BrF2N2O. The molecule has 3 aromatic rings. The fourth-order valence-corrected chi connectivity index (χ4v) is 2.55. The van der Waals surface area contributed by atoms with E-state index in [1.807, 2.05) is 30.3 Å². The molecule has 6 heteroatoms. The standard InChI is InChI=1S/C17H11BrF2N2O/c18-13-7-6-12(14(19)15(13)20)16(23)17-21-8-9-22(17)10-11-4-2-1-3-5-11/h1-9H,10H2. The van der Waals surface area contributed by atoms with Gasteiger partial charge in [0, 0.05) is 18.9 Å². The van der Waals surface area contributed by atoms with E-state index < -0.39 is 17.4 Å². The molecular weight excluding hydrogens is 366 g/mol. The van der Waals surface area contributed by atoms with Crippen molar-refractivity contribution in [3.8, 4) is 0 Å². The van der Waals surface area contributed by atoms with E-state index >= 15 is 0 Å². The zero-order valence-corrected chi connectivity index (χ0v) is 13.4. The van der Waals surface area contributed by atoms with Gasteiger partial charge in [0.05, 0.1) is 10.0 Å². The number of aromatic nitrogens is 2. The van der Waals surface area contributed by atoms with Crippen LogP contribution in [0, 0.1) is 11.6 Å². The summed E-state index contributed by atoms with van der Waals surface area (Å²) in [7, 11) is 0. The molecule has 0 atom stereocenters. The van der Waals surface area contributed by atoms with Crippen molar-refractivity contribution in [1.82, 2.24) is 9.55 Å². The van der Waals surface area contributed by atoms with E-state index in [-0.39, 0.29) is 15.9 Å². The van der Waals surface area contributed by atoms with E-state index in [0.717, 1.165) is 5.56 Å². The number of imidazole rings is 1. The van der Waals surface area contributed by atoms with Gasteiger partial charge in [0.15, 0.2) is 17.5 Å². The third-order valence-electron chi connectivity index (χ3n) is 3.39. The molecule has 3 rings (SSSR count). The molecule has 0 unspecified atom stereocenters. The number of carbonyl (C=O) groups is 1. The monoisotopic (exact) mass is 376 g/mol. The van der Waals surface area contributed by atoms with Crippen molar-refractivity contribution < 1.29 is 13.6 Å². The number of carbonyl (C=O) groups excluding carboxylic acids is 1. The fraction of sp³-hybridized carbons (Fsp3) is 0.0588. The number of ketones is 1. The van der Waals surface area contributed by atoms with Gasteiger partial charge in [0.1, 0.15) is 0 Å². The third kappa shape index (κ3) is 3.07. The molecule has 0 fully saturated rings. The van der Waals surface area contributed by atoms with E-state index in [0.29, 0.717) is 6.54 Å². The molecule has 0 saturated carbocycles. The lowest BCUT2D eigenvalue weighted by Gasteiger charge is -2.08. The van der Waals surface area contributed by atoms with Crippen LogP contribution in [0.1, 0.15) is 21.7 Å². The quantitative estimate of drug-likeness (QED) is 0.505. The van der Waals surface area contributed by atoms with Crippen LogP contribution in [0.15, 0.2) is 59.3 Å². The van der Waals surface area contributed by atoms with Crippen molar-refractivity contribution >= 4 is 21.7 Å². The molecule has 116 valence electrons. The smallest absolute Gasteiger partial charge is 0.231 e. The highest BCUT2D eigenvalue weighted by atomic mass is 79.9. The molecule has 0 amide bonds. The summed E-state index contributed by atoms with van der Waals surface area (Å²) >= 11 is 2.89. The minimum absolute atomic E-state index is 0.0285. The first-order valence-electron chi connectivity index (χ1n) is 6.81. The largest absolute Gasteiger partial charge is 0.324 e. The number of rotatable bonds is 4. The maximum atomic E-state index is 14.0. The van der Waals surface area contributed by atoms with Crippen LogP contribution in [0.5, 0.6) is 0 Å². The second kappa shape index (κ2) is 6.42. The van der Waals surface area contributed by atoms with Gasteiger partial charge in [-0.1, -0.05) is 30.3 Å². The molecule has 0 saturated heterocycles. The third-order valence-corrected chi connectivity index (χ3v) is 4.01. The number of nitrogens with zero attached hydrogens (tertiary/aromatic N) is 2. The van der Waals surface area contributed by atoms with Crippen LogP contribution >= 0.6 is 15.9 Å². The van der Waals surface area contributed by atoms with Crippen LogP contribution in [0.3, 0.4) is 0 Å². The number of hydrogen-bond donors (Lipinski definition) is 0. The van der Waals surface area contributed by atoms with Crippen LogP contribution in [0.4, 0.5) is 8.78 Å². The van der Waals surface area contributed by atoms with E-state index in [2.05, 4.69) is 20.9 Å². The SMILES string of the molecule is O=C(c1ccc(Br)c(F)c1F)c1nccn1Cc1ccccc1. The average molecular weight is 377 g/mol. The maximum Gasteiger partial charge on any atom is 0.231 e. The molecule has 3 nitrogen and oxygen atoms in total. The van der Waals surface area contributed by atoms with Gasteiger partial charge in [-0.2, -0.15) is 0 Å². The van der Waals surface area contributed by atoms with Gasteiger partial charge in [-0.25, -0.2) is 13.8 Å². The molecule has 2 aromatic carbocycles. The highest BCUT2D eigenvalue weighted by molar-refractivity contribution is 9.10.